The second-order valence-electron chi connectivity index (χ2n) is 7.93. The number of fused-ring (bicyclic) bond motifs is 1. The number of likely N-dealkylation sites (tertiary alicyclic amines) is 1. The molecule has 7 nitrogen and oxygen atoms in total. The summed E-state index contributed by atoms with van der Waals surface area (Å²) in [4.78, 5) is 31.8. The molecule has 2 aromatic heterocycles. The zero-order valence-corrected chi connectivity index (χ0v) is 17.9. The highest BCUT2D eigenvalue weighted by Gasteiger charge is 2.24. The summed E-state index contributed by atoms with van der Waals surface area (Å²) in [5, 5.41) is 4.00. The van der Waals surface area contributed by atoms with Crippen LogP contribution in [0.3, 0.4) is 0 Å². The number of carbonyl (C=O) groups excluding carboxylic acids is 1. The van der Waals surface area contributed by atoms with Gasteiger partial charge in [-0.25, -0.2) is 4.98 Å². The van der Waals surface area contributed by atoms with E-state index in [1.807, 2.05) is 18.2 Å². The molecule has 1 N–H and O–H groups in total. The second-order valence-corrected chi connectivity index (χ2v) is 8.37. The Bertz CT molecular complexity index is 1130. The summed E-state index contributed by atoms with van der Waals surface area (Å²) in [7, 11) is 1.61. The number of aromatic nitrogens is 2. The van der Waals surface area contributed by atoms with Gasteiger partial charge in [-0.05, 0) is 56.5 Å². The van der Waals surface area contributed by atoms with Crippen molar-refractivity contribution in [2.45, 2.75) is 26.3 Å². The van der Waals surface area contributed by atoms with Crippen molar-refractivity contribution in [3.05, 3.63) is 62.9 Å². The van der Waals surface area contributed by atoms with Crippen molar-refractivity contribution in [2.75, 3.05) is 19.6 Å². The van der Waals surface area contributed by atoms with Crippen LogP contribution in [0.5, 0.6) is 0 Å². The lowest BCUT2D eigenvalue weighted by molar-refractivity contribution is 0.0935. The molecule has 4 rings (SSSR count). The topological polar surface area (TPSA) is 80.4 Å². The van der Waals surface area contributed by atoms with Crippen molar-refractivity contribution >= 4 is 28.6 Å². The number of aryl methyl sites for hydroxylation is 2. The average Bonchev–Trinajstić information content (AvgIpc) is 3.07. The van der Waals surface area contributed by atoms with Gasteiger partial charge in [0.15, 0.2) is 0 Å². The Morgan fingerprint density at radius 3 is 2.83 bits per heavy atom. The molecule has 0 radical (unpaired) electrons. The Labute approximate surface area is 179 Å². The van der Waals surface area contributed by atoms with Crippen LogP contribution in [0.15, 0.2) is 39.8 Å². The molecule has 1 fully saturated rings. The second kappa shape index (κ2) is 8.62. The van der Waals surface area contributed by atoms with Crippen LogP contribution in [0, 0.1) is 12.8 Å². The number of furan rings is 1. The predicted molar refractivity (Wildman–Crippen MR) is 116 cm³/mol. The molecule has 8 heteroatoms. The highest BCUT2D eigenvalue weighted by molar-refractivity contribution is 6.30. The van der Waals surface area contributed by atoms with Gasteiger partial charge in [-0.3, -0.25) is 14.5 Å². The SMILES string of the molecule is Cc1oc2ncn(C)c(=O)c2c1C(=O)NCC1CCN(Cc2cccc(Cl)c2)CC1. The molecule has 3 heterocycles. The monoisotopic (exact) mass is 428 g/mol. The van der Waals surface area contributed by atoms with Gasteiger partial charge in [0, 0.05) is 25.2 Å². The first-order valence-corrected chi connectivity index (χ1v) is 10.5. The van der Waals surface area contributed by atoms with Gasteiger partial charge in [0.1, 0.15) is 17.5 Å². The molecule has 0 saturated carbocycles. The van der Waals surface area contributed by atoms with Crippen LogP contribution < -0.4 is 10.9 Å². The summed E-state index contributed by atoms with van der Waals surface area (Å²) in [6.45, 7) is 5.10. The molecule has 30 heavy (non-hydrogen) atoms. The van der Waals surface area contributed by atoms with E-state index in [-0.39, 0.29) is 28.1 Å². The number of nitrogens with zero attached hydrogens (tertiary/aromatic N) is 3. The summed E-state index contributed by atoms with van der Waals surface area (Å²) in [5.74, 6) is 0.538. The number of hydrogen-bond acceptors (Lipinski definition) is 5. The molecule has 1 aromatic carbocycles. The first-order valence-electron chi connectivity index (χ1n) is 10.1. The Kier molecular flexibility index (Phi) is 5.92. The first kappa shape index (κ1) is 20.6. The van der Waals surface area contributed by atoms with E-state index in [9.17, 15) is 9.59 Å². The molecule has 158 valence electrons. The van der Waals surface area contributed by atoms with Gasteiger partial charge in [0.05, 0.1) is 5.56 Å². The van der Waals surface area contributed by atoms with Gasteiger partial charge in [0.25, 0.3) is 11.5 Å². The van der Waals surface area contributed by atoms with Crippen molar-refractivity contribution in [3.8, 4) is 0 Å². The van der Waals surface area contributed by atoms with Crippen LogP contribution in [0.4, 0.5) is 0 Å². The van der Waals surface area contributed by atoms with Crippen LogP contribution in [0.25, 0.3) is 11.1 Å². The van der Waals surface area contributed by atoms with Crippen LogP contribution in [0.2, 0.25) is 5.02 Å². The lowest BCUT2D eigenvalue weighted by Crippen LogP contribution is -2.38. The number of rotatable bonds is 5. The molecule has 1 saturated heterocycles. The maximum atomic E-state index is 12.8. The zero-order chi connectivity index (χ0) is 21.3. The maximum Gasteiger partial charge on any atom is 0.265 e. The van der Waals surface area contributed by atoms with E-state index in [1.165, 1.54) is 16.5 Å². The van der Waals surface area contributed by atoms with Crippen LogP contribution in [-0.2, 0) is 13.6 Å². The highest BCUT2D eigenvalue weighted by atomic mass is 35.5. The van der Waals surface area contributed by atoms with E-state index in [0.717, 1.165) is 37.5 Å². The van der Waals surface area contributed by atoms with E-state index in [0.29, 0.717) is 18.2 Å². The van der Waals surface area contributed by atoms with Gasteiger partial charge >= 0.3 is 0 Å². The quantitative estimate of drug-likeness (QED) is 0.675. The van der Waals surface area contributed by atoms with Crippen LogP contribution in [-0.4, -0.2) is 40.0 Å². The van der Waals surface area contributed by atoms with Crippen molar-refractivity contribution in [3.63, 3.8) is 0 Å². The Morgan fingerprint density at radius 2 is 2.10 bits per heavy atom. The predicted octanol–water partition coefficient (Wildman–Crippen LogP) is 3.13. The van der Waals surface area contributed by atoms with Gasteiger partial charge in [-0.2, -0.15) is 0 Å². The molecule has 0 unspecified atom stereocenters. The fraction of sp³-hybridized carbons (Fsp3) is 0.409. The van der Waals surface area contributed by atoms with Crippen molar-refractivity contribution < 1.29 is 9.21 Å². The molecule has 0 aliphatic carbocycles. The lowest BCUT2D eigenvalue weighted by Gasteiger charge is -2.32. The number of benzene rings is 1. The van der Waals surface area contributed by atoms with Crippen LogP contribution in [0.1, 0.15) is 34.5 Å². The lowest BCUT2D eigenvalue weighted by atomic mass is 9.96. The minimum Gasteiger partial charge on any atom is -0.442 e. The van der Waals surface area contributed by atoms with Crippen LogP contribution >= 0.6 is 11.6 Å². The average molecular weight is 429 g/mol. The summed E-state index contributed by atoms with van der Waals surface area (Å²) >= 11 is 6.07. The third kappa shape index (κ3) is 4.27. The number of nitrogens with one attached hydrogen (secondary N) is 1. The molecule has 0 atom stereocenters. The Morgan fingerprint density at radius 1 is 1.33 bits per heavy atom. The van der Waals surface area contributed by atoms with Crippen molar-refractivity contribution in [1.82, 2.24) is 19.8 Å². The third-order valence-corrected chi connectivity index (χ3v) is 5.96. The molecule has 1 aliphatic rings. The number of piperidine rings is 1. The Balaban J connectivity index is 1.35. The van der Waals surface area contributed by atoms with E-state index in [4.69, 9.17) is 16.0 Å². The number of carbonyl (C=O) groups is 1. The molecule has 0 spiro atoms. The molecular formula is C22H25ClN4O3. The molecule has 1 amide bonds. The fourth-order valence-electron chi connectivity index (χ4n) is 4.03. The summed E-state index contributed by atoms with van der Waals surface area (Å²) in [5.41, 5.74) is 1.43. The normalized spacial score (nSPS) is 15.6. The maximum absolute atomic E-state index is 12.8. The van der Waals surface area contributed by atoms with Gasteiger partial charge in [0.2, 0.25) is 5.71 Å². The first-order chi connectivity index (χ1) is 14.4. The number of halogens is 1. The number of amides is 1. The summed E-state index contributed by atoms with van der Waals surface area (Å²) in [6.07, 6.45) is 3.41. The largest absolute Gasteiger partial charge is 0.442 e. The smallest absolute Gasteiger partial charge is 0.265 e. The van der Waals surface area contributed by atoms with Crippen molar-refractivity contribution in [1.29, 1.82) is 0 Å². The van der Waals surface area contributed by atoms with E-state index >= 15 is 0 Å². The number of hydrogen-bond donors (Lipinski definition) is 1. The standard InChI is InChI=1S/C22H25ClN4O3/c1-14-18(19-21(30-14)25-13-26(2)22(19)29)20(28)24-11-15-6-8-27(9-7-15)12-16-4-3-5-17(23)10-16/h3-5,10,13,15H,6-9,11-12H2,1-2H3,(H,24,28). The van der Waals surface area contributed by atoms with Gasteiger partial charge in [-0.15, -0.1) is 0 Å². The summed E-state index contributed by atoms with van der Waals surface area (Å²) in [6, 6.07) is 7.96. The molecule has 1 aliphatic heterocycles. The highest BCUT2D eigenvalue weighted by Crippen LogP contribution is 2.22. The Hall–Kier alpha value is -2.64. The van der Waals surface area contributed by atoms with E-state index in [1.54, 1.807) is 14.0 Å². The minimum atomic E-state index is -0.281. The molecular weight excluding hydrogens is 404 g/mol. The van der Waals surface area contributed by atoms with Crippen molar-refractivity contribution in [2.24, 2.45) is 13.0 Å². The van der Waals surface area contributed by atoms with E-state index < -0.39 is 0 Å². The summed E-state index contributed by atoms with van der Waals surface area (Å²) < 4.78 is 6.88. The van der Waals surface area contributed by atoms with Gasteiger partial charge in [-0.1, -0.05) is 23.7 Å². The third-order valence-electron chi connectivity index (χ3n) is 5.73. The van der Waals surface area contributed by atoms with E-state index in [2.05, 4.69) is 21.3 Å². The minimum absolute atomic E-state index is 0.204. The fourth-order valence-corrected chi connectivity index (χ4v) is 4.24. The zero-order valence-electron chi connectivity index (χ0n) is 17.2. The molecule has 3 aromatic rings. The van der Waals surface area contributed by atoms with Gasteiger partial charge < -0.3 is 14.3 Å². The molecule has 0 bridgehead atoms.